The van der Waals surface area contributed by atoms with Crippen LogP contribution in [-0.4, -0.2) is 40.2 Å². The first-order valence-corrected chi connectivity index (χ1v) is 7.61. The van der Waals surface area contributed by atoms with Crippen LogP contribution in [0.25, 0.3) is 11.0 Å². The summed E-state index contributed by atoms with van der Waals surface area (Å²) in [5, 5.41) is 1.10. The fourth-order valence-electron chi connectivity index (χ4n) is 3.47. The quantitative estimate of drug-likeness (QED) is 0.818. The van der Waals surface area contributed by atoms with E-state index in [1.54, 1.807) is 6.33 Å². The number of piperidine rings is 1. The van der Waals surface area contributed by atoms with Crippen molar-refractivity contribution < 1.29 is 4.74 Å². The van der Waals surface area contributed by atoms with E-state index in [0.29, 0.717) is 0 Å². The number of rotatable bonds is 1. The zero-order valence-corrected chi connectivity index (χ0v) is 12.3. The highest BCUT2D eigenvalue weighted by atomic mass is 16.5. The molecule has 1 spiro atoms. The predicted octanol–water partition coefficient (Wildman–Crippen LogP) is 2.66. The van der Waals surface area contributed by atoms with Gasteiger partial charge in [-0.2, -0.15) is 0 Å². The Morgan fingerprint density at radius 3 is 2.95 bits per heavy atom. The molecule has 2 aliphatic rings. The predicted molar refractivity (Wildman–Crippen MR) is 82.4 cm³/mol. The summed E-state index contributed by atoms with van der Waals surface area (Å²) < 4.78 is 6.09. The number of nitrogens with one attached hydrogen (secondary N) is 1. The molecule has 2 aromatic rings. The highest BCUT2D eigenvalue weighted by molar-refractivity contribution is 5.87. The molecule has 110 valence electrons. The second-order valence-electron chi connectivity index (χ2n) is 6.08. The molecule has 1 saturated heterocycles. The number of fused-ring (bicyclic) bond motifs is 1. The van der Waals surface area contributed by atoms with Gasteiger partial charge >= 0.3 is 0 Å². The molecule has 0 radical (unpaired) electrons. The van der Waals surface area contributed by atoms with Gasteiger partial charge in [0.2, 0.25) is 0 Å². The maximum Gasteiger partial charge on any atom is 0.142 e. The van der Waals surface area contributed by atoms with E-state index in [0.717, 1.165) is 55.8 Å². The Hall–Kier alpha value is -1.88. The van der Waals surface area contributed by atoms with Crippen LogP contribution in [-0.2, 0) is 4.74 Å². The molecule has 0 unspecified atom stereocenters. The summed E-state index contributed by atoms with van der Waals surface area (Å²) >= 11 is 0. The molecule has 0 saturated carbocycles. The average Bonchev–Trinajstić information content (AvgIpc) is 2.96. The standard InChI is InChI=1S/C16H20N4O/c1-12-3-9-21-16(10-12)4-7-20(8-5-16)15-13-2-6-17-14(13)18-11-19-15/h2,6,10-11H,3-5,7-9H2,1H3,(H,17,18,19). The van der Waals surface area contributed by atoms with Crippen LogP contribution >= 0.6 is 0 Å². The van der Waals surface area contributed by atoms with E-state index in [-0.39, 0.29) is 5.60 Å². The lowest BCUT2D eigenvalue weighted by molar-refractivity contribution is -0.0326. The van der Waals surface area contributed by atoms with Gasteiger partial charge in [-0.15, -0.1) is 0 Å². The molecule has 2 aromatic heterocycles. The Morgan fingerprint density at radius 2 is 2.14 bits per heavy atom. The molecule has 0 aliphatic carbocycles. The molecule has 21 heavy (non-hydrogen) atoms. The first kappa shape index (κ1) is 12.8. The van der Waals surface area contributed by atoms with Crippen molar-refractivity contribution >= 4 is 16.9 Å². The third-order valence-corrected chi connectivity index (χ3v) is 4.64. The Kier molecular flexibility index (Phi) is 2.96. The van der Waals surface area contributed by atoms with E-state index in [4.69, 9.17) is 4.74 Å². The summed E-state index contributed by atoms with van der Waals surface area (Å²) in [5.74, 6) is 1.03. The van der Waals surface area contributed by atoms with E-state index >= 15 is 0 Å². The lowest BCUT2D eigenvalue weighted by Gasteiger charge is -2.42. The van der Waals surface area contributed by atoms with Crippen molar-refractivity contribution in [1.82, 2.24) is 15.0 Å². The highest BCUT2D eigenvalue weighted by Crippen LogP contribution is 2.35. The Morgan fingerprint density at radius 1 is 1.29 bits per heavy atom. The number of anilines is 1. The van der Waals surface area contributed by atoms with Crippen LogP contribution in [0, 0.1) is 0 Å². The lowest BCUT2D eigenvalue weighted by atomic mass is 9.87. The molecule has 4 rings (SSSR count). The number of hydrogen-bond acceptors (Lipinski definition) is 4. The smallest absolute Gasteiger partial charge is 0.142 e. The Labute approximate surface area is 124 Å². The zero-order valence-electron chi connectivity index (χ0n) is 12.3. The van der Waals surface area contributed by atoms with Crippen molar-refractivity contribution in [3.63, 3.8) is 0 Å². The number of aromatic amines is 1. The van der Waals surface area contributed by atoms with Gasteiger partial charge in [0.05, 0.1) is 17.6 Å². The minimum atomic E-state index is -0.0386. The maximum absolute atomic E-state index is 6.09. The highest BCUT2D eigenvalue weighted by Gasteiger charge is 2.36. The molecule has 2 aliphatic heterocycles. The Balaban J connectivity index is 1.58. The first-order valence-electron chi connectivity index (χ1n) is 7.61. The monoisotopic (exact) mass is 284 g/mol. The average molecular weight is 284 g/mol. The van der Waals surface area contributed by atoms with Crippen molar-refractivity contribution in [3.8, 4) is 0 Å². The Bertz CT molecular complexity index is 682. The number of hydrogen-bond donors (Lipinski definition) is 1. The third kappa shape index (κ3) is 2.21. The molecule has 0 amide bonds. The van der Waals surface area contributed by atoms with Gasteiger partial charge in [-0.3, -0.25) is 0 Å². The molecule has 0 atom stereocenters. The van der Waals surface area contributed by atoms with Crippen LogP contribution in [0.1, 0.15) is 26.2 Å². The van der Waals surface area contributed by atoms with Crippen LogP contribution < -0.4 is 4.90 Å². The van der Waals surface area contributed by atoms with E-state index in [9.17, 15) is 0 Å². The second-order valence-corrected chi connectivity index (χ2v) is 6.08. The summed E-state index contributed by atoms with van der Waals surface area (Å²) in [6, 6.07) is 2.05. The minimum absolute atomic E-state index is 0.0386. The van der Waals surface area contributed by atoms with Crippen molar-refractivity contribution in [2.75, 3.05) is 24.6 Å². The van der Waals surface area contributed by atoms with E-state index in [2.05, 4.69) is 38.9 Å². The molecular formula is C16H20N4O. The van der Waals surface area contributed by atoms with E-state index in [1.807, 2.05) is 6.20 Å². The maximum atomic E-state index is 6.09. The number of ether oxygens (including phenoxy) is 1. The molecule has 0 bridgehead atoms. The van der Waals surface area contributed by atoms with E-state index in [1.165, 1.54) is 5.57 Å². The van der Waals surface area contributed by atoms with Crippen molar-refractivity contribution in [2.24, 2.45) is 0 Å². The van der Waals surface area contributed by atoms with Crippen LogP contribution in [0.15, 0.2) is 30.2 Å². The molecule has 1 fully saturated rings. The van der Waals surface area contributed by atoms with E-state index < -0.39 is 0 Å². The number of H-pyrrole nitrogens is 1. The normalized spacial score (nSPS) is 21.8. The van der Waals surface area contributed by atoms with Gasteiger partial charge in [0.25, 0.3) is 0 Å². The number of aromatic nitrogens is 3. The topological polar surface area (TPSA) is 54.0 Å². The van der Waals surface area contributed by atoms with Gasteiger partial charge in [0, 0.05) is 19.3 Å². The second kappa shape index (κ2) is 4.84. The SMILES string of the molecule is CC1=CC2(CCN(c3ncnc4[nH]ccc34)CC2)OCC1. The largest absolute Gasteiger partial charge is 0.370 e. The van der Waals surface area contributed by atoms with Crippen LogP contribution in [0.3, 0.4) is 0 Å². The van der Waals surface area contributed by atoms with Gasteiger partial charge in [0.1, 0.15) is 17.8 Å². The third-order valence-electron chi connectivity index (χ3n) is 4.64. The summed E-state index contributed by atoms with van der Waals surface area (Å²) in [5.41, 5.74) is 2.33. The molecule has 0 aromatic carbocycles. The van der Waals surface area contributed by atoms with Crippen LogP contribution in [0.4, 0.5) is 5.82 Å². The molecular weight excluding hydrogens is 264 g/mol. The van der Waals surface area contributed by atoms with Gasteiger partial charge in [0.15, 0.2) is 0 Å². The molecule has 5 nitrogen and oxygen atoms in total. The molecule has 5 heteroatoms. The van der Waals surface area contributed by atoms with Crippen LogP contribution in [0.2, 0.25) is 0 Å². The minimum Gasteiger partial charge on any atom is -0.370 e. The lowest BCUT2D eigenvalue weighted by Crippen LogP contribution is -2.46. The van der Waals surface area contributed by atoms with Gasteiger partial charge in [-0.1, -0.05) is 11.6 Å². The van der Waals surface area contributed by atoms with Crippen LogP contribution in [0.5, 0.6) is 0 Å². The van der Waals surface area contributed by atoms with Gasteiger partial charge < -0.3 is 14.6 Å². The zero-order chi connectivity index (χ0) is 14.3. The van der Waals surface area contributed by atoms with Crippen molar-refractivity contribution in [3.05, 3.63) is 30.2 Å². The van der Waals surface area contributed by atoms with Gasteiger partial charge in [-0.05, 0) is 32.3 Å². The molecule has 1 N–H and O–H groups in total. The molecule has 4 heterocycles. The number of nitrogens with zero attached hydrogens (tertiary/aromatic N) is 3. The van der Waals surface area contributed by atoms with Crippen molar-refractivity contribution in [2.45, 2.75) is 31.8 Å². The van der Waals surface area contributed by atoms with Crippen molar-refractivity contribution in [1.29, 1.82) is 0 Å². The first-order chi connectivity index (χ1) is 10.3. The summed E-state index contributed by atoms with van der Waals surface area (Å²) in [6.07, 6.45) is 9.03. The fourth-order valence-corrected chi connectivity index (χ4v) is 3.47. The van der Waals surface area contributed by atoms with Gasteiger partial charge in [-0.25, -0.2) is 9.97 Å². The summed E-state index contributed by atoms with van der Waals surface area (Å²) in [6.45, 7) is 5.02. The summed E-state index contributed by atoms with van der Waals surface area (Å²) in [4.78, 5) is 14.3. The fraction of sp³-hybridized carbons (Fsp3) is 0.500. The summed E-state index contributed by atoms with van der Waals surface area (Å²) in [7, 11) is 0.